The number of nitrogens with one attached hydrogen (secondary N) is 1. The van der Waals surface area contributed by atoms with Crippen molar-refractivity contribution >= 4 is 17.6 Å². The van der Waals surface area contributed by atoms with Crippen LogP contribution in [0.3, 0.4) is 0 Å². The van der Waals surface area contributed by atoms with Crippen LogP contribution in [0.5, 0.6) is 0 Å². The highest BCUT2D eigenvalue weighted by molar-refractivity contribution is 6.02. The van der Waals surface area contributed by atoms with E-state index in [-0.39, 0.29) is 23.6 Å². The third-order valence-electron chi connectivity index (χ3n) is 5.45. The van der Waals surface area contributed by atoms with E-state index in [1.54, 1.807) is 13.2 Å². The van der Waals surface area contributed by atoms with E-state index in [2.05, 4.69) is 25.5 Å². The van der Waals surface area contributed by atoms with Crippen LogP contribution in [0.25, 0.3) is 0 Å². The molecule has 2 aromatic heterocycles. The average Bonchev–Trinajstić information content (AvgIpc) is 3.41. The third-order valence-corrected chi connectivity index (χ3v) is 5.45. The highest BCUT2D eigenvalue weighted by Gasteiger charge is 2.52. The molecule has 0 spiro atoms. The van der Waals surface area contributed by atoms with Gasteiger partial charge in [0.1, 0.15) is 18.2 Å². The Morgan fingerprint density at radius 2 is 2.10 bits per heavy atom. The normalized spacial score (nSPS) is 22.4. The van der Waals surface area contributed by atoms with Gasteiger partial charge in [-0.25, -0.2) is 9.97 Å². The summed E-state index contributed by atoms with van der Waals surface area (Å²) in [5.41, 5.74) is 1.94. The molecule has 1 aliphatic carbocycles. The van der Waals surface area contributed by atoms with E-state index in [4.69, 9.17) is 4.42 Å². The second kappa shape index (κ2) is 6.77. The number of amides is 2. The Balaban J connectivity index is 1.32. The van der Waals surface area contributed by atoms with Crippen LogP contribution in [0.1, 0.15) is 40.0 Å². The summed E-state index contributed by atoms with van der Waals surface area (Å²) in [5.74, 6) is 0.188. The fourth-order valence-corrected chi connectivity index (χ4v) is 3.87. The van der Waals surface area contributed by atoms with Crippen molar-refractivity contribution in [1.82, 2.24) is 25.5 Å². The van der Waals surface area contributed by atoms with Crippen molar-refractivity contribution in [2.45, 2.75) is 24.8 Å². The van der Waals surface area contributed by atoms with E-state index in [0.717, 1.165) is 17.5 Å². The van der Waals surface area contributed by atoms with Gasteiger partial charge in [-0.3, -0.25) is 14.5 Å². The van der Waals surface area contributed by atoms with Gasteiger partial charge in [-0.15, -0.1) is 10.2 Å². The minimum atomic E-state index is -0.670. The zero-order chi connectivity index (χ0) is 20.0. The molecule has 1 aromatic carbocycles. The van der Waals surface area contributed by atoms with Gasteiger partial charge in [-0.05, 0) is 23.8 Å². The van der Waals surface area contributed by atoms with Crippen LogP contribution in [0.2, 0.25) is 0 Å². The Labute approximate surface area is 166 Å². The quantitative estimate of drug-likeness (QED) is 0.715. The maximum atomic E-state index is 12.9. The summed E-state index contributed by atoms with van der Waals surface area (Å²) in [6.07, 6.45) is 4.40. The van der Waals surface area contributed by atoms with Crippen LogP contribution in [0, 0.1) is 5.92 Å². The molecule has 3 atom stereocenters. The van der Waals surface area contributed by atoms with Crippen molar-refractivity contribution in [1.29, 1.82) is 0 Å². The van der Waals surface area contributed by atoms with Crippen LogP contribution in [0.4, 0.5) is 5.82 Å². The molecule has 3 aromatic rings. The Hall–Kier alpha value is -3.62. The van der Waals surface area contributed by atoms with Crippen molar-refractivity contribution in [3.63, 3.8) is 0 Å². The first kappa shape index (κ1) is 17.5. The van der Waals surface area contributed by atoms with Crippen LogP contribution < -0.4 is 10.2 Å². The number of carbonyl (C=O) groups is 2. The minimum Gasteiger partial charge on any atom is -0.417 e. The van der Waals surface area contributed by atoms with Gasteiger partial charge >= 0.3 is 11.8 Å². The number of nitrogens with zero attached hydrogens (tertiary/aromatic N) is 5. The first-order valence-electron chi connectivity index (χ1n) is 9.36. The van der Waals surface area contributed by atoms with Crippen molar-refractivity contribution in [3.05, 3.63) is 65.8 Å². The van der Waals surface area contributed by atoms with Gasteiger partial charge in [0.15, 0.2) is 0 Å². The fraction of sp³-hybridized carbons (Fsp3) is 0.300. The molecule has 146 valence electrons. The van der Waals surface area contributed by atoms with Gasteiger partial charge in [-0.2, -0.15) is 0 Å². The molecular formula is C20H18N6O3. The molecule has 9 nitrogen and oxygen atoms in total. The van der Waals surface area contributed by atoms with Gasteiger partial charge in [-0.1, -0.05) is 30.3 Å². The Kier molecular flexibility index (Phi) is 4.08. The van der Waals surface area contributed by atoms with E-state index in [1.807, 2.05) is 30.3 Å². The smallest absolute Gasteiger partial charge is 0.309 e. The number of carbonyl (C=O) groups excluding carboxylic acids is 2. The number of anilines is 1. The van der Waals surface area contributed by atoms with E-state index < -0.39 is 11.9 Å². The van der Waals surface area contributed by atoms with Gasteiger partial charge in [0, 0.05) is 18.8 Å². The topological polar surface area (TPSA) is 114 Å². The second-order valence-electron chi connectivity index (χ2n) is 7.32. The summed E-state index contributed by atoms with van der Waals surface area (Å²) in [7, 11) is 1.66. The highest BCUT2D eigenvalue weighted by Crippen LogP contribution is 2.53. The molecule has 0 unspecified atom stereocenters. The van der Waals surface area contributed by atoms with Gasteiger partial charge in [0.25, 0.3) is 5.91 Å². The molecule has 2 aliphatic rings. The molecule has 5 rings (SSSR count). The number of aromatic nitrogens is 4. The summed E-state index contributed by atoms with van der Waals surface area (Å²) < 4.78 is 5.51. The molecule has 1 N–H and O–H groups in total. The largest absolute Gasteiger partial charge is 0.417 e. The van der Waals surface area contributed by atoms with E-state index in [0.29, 0.717) is 18.1 Å². The first-order valence-corrected chi connectivity index (χ1v) is 9.36. The molecule has 9 heteroatoms. The monoisotopic (exact) mass is 390 g/mol. The Bertz CT molecular complexity index is 1080. The Morgan fingerprint density at radius 1 is 1.28 bits per heavy atom. The van der Waals surface area contributed by atoms with Crippen LogP contribution in [-0.2, 0) is 11.2 Å². The SMILES string of the molecule is CN1C(=O)[C@@H](NC(=O)c2nnc(Cc3ccccc3)o2)[C@H]2C[C@H]2c2cncnc21. The predicted molar refractivity (Wildman–Crippen MR) is 101 cm³/mol. The number of hydrogen-bond donors (Lipinski definition) is 1. The molecule has 1 saturated carbocycles. The predicted octanol–water partition coefficient (Wildman–Crippen LogP) is 1.33. The minimum absolute atomic E-state index is 0.00728. The summed E-state index contributed by atoms with van der Waals surface area (Å²) >= 11 is 0. The maximum Gasteiger partial charge on any atom is 0.309 e. The maximum absolute atomic E-state index is 12.9. The van der Waals surface area contributed by atoms with Crippen LogP contribution >= 0.6 is 0 Å². The zero-order valence-corrected chi connectivity index (χ0v) is 15.6. The second-order valence-corrected chi connectivity index (χ2v) is 7.32. The number of benzene rings is 1. The van der Waals surface area contributed by atoms with Crippen molar-refractivity contribution in [2.24, 2.45) is 5.92 Å². The summed E-state index contributed by atoms with van der Waals surface area (Å²) in [6.45, 7) is 0. The molecular weight excluding hydrogens is 372 g/mol. The van der Waals surface area contributed by atoms with Crippen LogP contribution in [0.15, 0.2) is 47.3 Å². The number of likely N-dealkylation sites (N-methyl/N-ethyl adjacent to an activating group) is 1. The van der Waals surface area contributed by atoms with E-state index in [1.165, 1.54) is 11.2 Å². The molecule has 2 amide bonds. The summed E-state index contributed by atoms with van der Waals surface area (Å²) in [6, 6.07) is 8.97. The summed E-state index contributed by atoms with van der Waals surface area (Å²) in [5, 5.41) is 10.6. The van der Waals surface area contributed by atoms with Crippen molar-refractivity contribution < 1.29 is 14.0 Å². The number of rotatable bonds is 4. The lowest BCUT2D eigenvalue weighted by molar-refractivity contribution is -0.120. The molecule has 0 saturated heterocycles. The molecule has 1 aliphatic heterocycles. The van der Waals surface area contributed by atoms with Crippen molar-refractivity contribution in [2.75, 3.05) is 11.9 Å². The van der Waals surface area contributed by atoms with Crippen LogP contribution in [-0.4, -0.2) is 45.1 Å². The molecule has 29 heavy (non-hydrogen) atoms. The fourth-order valence-electron chi connectivity index (χ4n) is 3.87. The lowest BCUT2D eigenvalue weighted by Gasteiger charge is -2.22. The molecule has 0 radical (unpaired) electrons. The number of hydrogen-bond acceptors (Lipinski definition) is 7. The number of fused-ring (bicyclic) bond motifs is 3. The van der Waals surface area contributed by atoms with Gasteiger partial charge in [0.05, 0.1) is 6.42 Å². The van der Waals surface area contributed by atoms with E-state index in [9.17, 15) is 9.59 Å². The van der Waals surface area contributed by atoms with E-state index >= 15 is 0 Å². The standard InChI is InChI=1S/C20H18N6O3/c1-26-17-14(9-21-10-22-17)12-8-13(12)16(20(26)28)23-18(27)19-25-24-15(29-19)7-11-5-3-2-4-6-11/h2-6,9-10,12-13,16H,7-8H2,1H3,(H,23,27)/t12-,13+,16+/m1/s1. The van der Waals surface area contributed by atoms with Gasteiger partial charge in [0.2, 0.25) is 5.89 Å². The lowest BCUT2D eigenvalue weighted by atomic mass is 10.1. The Morgan fingerprint density at radius 3 is 2.93 bits per heavy atom. The average molecular weight is 390 g/mol. The summed E-state index contributed by atoms with van der Waals surface area (Å²) in [4.78, 5) is 35.4. The molecule has 3 heterocycles. The molecule has 1 fully saturated rings. The third kappa shape index (κ3) is 3.14. The van der Waals surface area contributed by atoms with Gasteiger partial charge < -0.3 is 9.73 Å². The highest BCUT2D eigenvalue weighted by atomic mass is 16.4. The first-order chi connectivity index (χ1) is 14.1. The van der Waals surface area contributed by atoms with Crippen molar-refractivity contribution in [3.8, 4) is 0 Å². The lowest BCUT2D eigenvalue weighted by Crippen LogP contribution is -2.48. The molecule has 0 bridgehead atoms. The zero-order valence-electron chi connectivity index (χ0n) is 15.6.